The van der Waals surface area contributed by atoms with Gasteiger partial charge in [0.1, 0.15) is 0 Å². The molecule has 1 heteroatoms. The smallest absolute Gasteiger partial charge is 0.0153 e. The maximum atomic E-state index is 4.10. The van der Waals surface area contributed by atoms with Gasteiger partial charge in [-0.05, 0) is 54.7 Å². The monoisotopic (exact) mass is 286 g/mol. The largest absolute Gasteiger partial charge is 0.126 e. The molecule has 0 nitrogen and oxygen atoms in total. The number of benzene rings is 1. The van der Waals surface area contributed by atoms with Crippen LogP contribution in [0.15, 0.2) is 48.9 Å². The van der Waals surface area contributed by atoms with Crippen LogP contribution in [0.5, 0.6) is 0 Å². The molecule has 0 aromatic heterocycles. The average molecular weight is 286 g/mol. The van der Waals surface area contributed by atoms with Crippen molar-refractivity contribution in [3.05, 3.63) is 55.1 Å². The van der Waals surface area contributed by atoms with Crippen LogP contribution < -0.4 is 0 Å². The van der Waals surface area contributed by atoms with Crippen LogP contribution in [-0.4, -0.2) is 5.75 Å². The van der Waals surface area contributed by atoms with E-state index in [2.05, 4.69) is 44.9 Å². The molecule has 1 aromatic rings. The van der Waals surface area contributed by atoms with Gasteiger partial charge >= 0.3 is 0 Å². The van der Waals surface area contributed by atoms with Gasteiger partial charge in [0.25, 0.3) is 0 Å². The van der Waals surface area contributed by atoms with Gasteiger partial charge in [-0.15, -0.1) is 18.3 Å². The molecule has 0 fully saturated rings. The summed E-state index contributed by atoms with van der Waals surface area (Å²) in [6.45, 7) is 13.8. The fourth-order valence-corrected chi connectivity index (χ4v) is 3.40. The minimum atomic E-state index is 1.12. The summed E-state index contributed by atoms with van der Waals surface area (Å²) in [5, 5.41) is 0. The highest BCUT2D eigenvalue weighted by Crippen LogP contribution is 2.31. The molecule has 0 atom stereocenters. The van der Waals surface area contributed by atoms with E-state index in [0.29, 0.717) is 0 Å². The normalized spacial score (nSPS) is 10.2. The topological polar surface area (TPSA) is 0 Å². The van der Waals surface area contributed by atoms with Crippen molar-refractivity contribution < 1.29 is 0 Å². The third-order valence-electron chi connectivity index (χ3n) is 3.27. The van der Waals surface area contributed by atoms with Crippen LogP contribution in [0, 0.1) is 0 Å². The van der Waals surface area contributed by atoms with Gasteiger partial charge in [-0.25, -0.2) is 0 Å². The minimum absolute atomic E-state index is 1.12. The highest BCUT2D eigenvalue weighted by molar-refractivity contribution is 7.99. The minimum Gasteiger partial charge on any atom is -0.126 e. The molecule has 0 saturated heterocycles. The zero-order valence-corrected chi connectivity index (χ0v) is 13.5. The number of hydrogen-bond donors (Lipinski definition) is 0. The molecule has 1 aromatic carbocycles. The van der Waals surface area contributed by atoms with E-state index < -0.39 is 0 Å². The van der Waals surface area contributed by atoms with E-state index in [1.165, 1.54) is 47.5 Å². The van der Waals surface area contributed by atoms with Gasteiger partial charge in [-0.1, -0.05) is 50.3 Å². The summed E-state index contributed by atoms with van der Waals surface area (Å²) in [5.41, 5.74) is 3.57. The Morgan fingerprint density at radius 3 is 2.55 bits per heavy atom. The molecule has 20 heavy (non-hydrogen) atoms. The molecule has 0 aliphatic heterocycles. The molecule has 0 amide bonds. The first kappa shape index (κ1) is 16.8. The average Bonchev–Trinajstić information content (AvgIpc) is 2.45. The summed E-state index contributed by atoms with van der Waals surface area (Å²) in [7, 11) is 0. The zero-order chi connectivity index (χ0) is 14.8. The van der Waals surface area contributed by atoms with E-state index in [1.807, 2.05) is 23.9 Å². The predicted molar refractivity (Wildman–Crippen MR) is 95.2 cm³/mol. The molecular weight excluding hydrogens is 260 g/mol. The molecule has 0 aliphatic carbocycles. The van der Waals surface area contributed by atoms with Gasteiger partial charge in [0.2, 0.25) is 0 Å². The van der Waals surface area contributed by atoms with E-state index in [9.17, 15) is 0 Å². The third kappa shape index (κ3) is 5.42. The molecule has 0 spiro atoms. The Kier molecular flexibility index (Phi) is 8.13. The first-order chi connectivity index (χ1) is 9.70. The van der Waals surface area contributed by atoms with Crippen LogP contribution in [0.1, 0.15) is 50.2 Å². The van der Waals surface area contributed by atoms with Crippen LogP contribution in [0.2, 0.25) is 0 Å². The SMILES string of the molecule is C=CCCCCCCSc1cccc(C=C)c1C(=C)C. The summed E-state index contributed by atoms with van der Waals surface area (Å²) in [6, 6.07) is 6.41. The molecule has 0 radical (unpaired) electrons. The van der Waals surface area contributed by atoms with Crippen molar-refractivity contribution in [3.63, 3.8) is 0 Å². The lowest BCUT2D eigenvalue weighted by Crippen LogP contribution is -1.90. The molecule has 0 saturated carbocycles. The van der Waals surface area contributed by atoms with Gasteiger partial charge in [0.05, 0.1) is 0 Å². The van der Waals surface area contributed by atoms with Crippen molar-refractivity contribution in [1.82, 2.24) is 0 Å². The molecule has 1 rings (SSSR count). The summed E-state index contributed by atoms with van der Waals surface area (Å²) in [4.78, 5) is 1.33. The number of rotatable bonds is 10. The van der Waals surface area contributed by atoms with Gasteiger partial charge in [0.15, 0.2) is 0 Å². The molecule has 0 unspecified atom stereocenters. The molecule has 0 N–H and O–H groups in total. The third-order valence-corrected chi connectivity index (χ3v) is 4.41. The van der Waals surface area contributed by atoms with Crippen molar-refractivity contribution in [3.8, 4) is 0 Å². The first-order valence-electron chi connectivity index (χ1n) is 7.35. The molecule has 0 aliphatic rings. The van der Waals surface area contributed by atoms with E-state index in [1.54, 1.807) is 0 Å². The number of allylic oxidation sites excluding steroid dienone is 2. The Balaban J connectivity index is 2.49. The van der Waals surface area contributed by atoms with Crippen molar-refractivity contribution in [2.75, 3.05) is 5.75 Å². The maximum Gasteiger partial charge on any atom is 0.0153 e. The quantitative estimate of drug-likeness (QED) is 0.265. The second kappa shape index (κ2) is 9.66. The molecule has 108 valence electrons. The Morgan fingerprint density at radius 1 is 1.15 bits per heavy atom. The maximum absolute atomic E-state index is 4.10. The number of thioether (sulfide) groups is 1. The summed E-state index contributed by atoms with van der Waals surface area (Å²) < 4.78 is 0. The van der Waals surface area contributed by atoms with Crippen LogP contribution in [-0.2, 0) is 0 Å². The van der Waals surface area contributed by atoms with E-state index >= 15 is 0 Å². The highest BCUT2D eigenvalue weighted by atomic mass is 32.2. The molecule has 0 heterocycles. The van der Waals surface area contributed by atoms with Crippen molar-refractivity contribution in [2.24, 2.45) is 0 Å². The first-order valence-corrected chi connectivity index (χ1v) is 8.34. The lowest BCUT2D eigenvalue weighted by Gasteiger charge is -2.12. The molecule has 0 bridgehead atoms. The fourth-order valence-electron chi connectivity index (χ4n) is 2.22. The van der Waals surface area contributed by atoms with Gasteiger partial charge in [0, 0.05) is 4.90 Å². The van der Waals surface area contributed by atoms with Crippen molar-refractivity contribution in [1.29, 1.82) is 0 Å². The van der Waals surface area contributed by atoms with Crippen molar-refractivity contribution in [2.45, 2.75) is 43.9 Å². The summed E-state index contributed by atoms with van der Waals surface area (Å²) >= 11 is 1.94. The Morgan fingerprint density at radius 2 is 1.90 bits per heavy atom. The number of hydrogen-bond acceptors (Lipinski definition) is 1. The summed E-state index contributed by atoms with van der Waals surface area (Å²) in [5.74, 6) is 1.18. The van der Waals surface area contributed by atoms with Crippen LogP contribution >= 0.6 is 11.8 Å². The van der Waals surface area contributed by atoms with E-state index in [0.717, 1.165) is 12.0 Å². The second-order valence-electron chi connectivity index (χ2n) is 5.04. The Hall–Kier alpha value is -1.21. The van der Waals surface area contributed by atoms with E-state index in [4.69, 9.17) is 0 Å². The van der Waals surface area contributed by atoms with Crippen LogP contribution in [0.3, 0.4) is 0 Å². The van der Waals surface area contributed by atoms with E-state index in [-0.39, 0.29) is 0 Å². The lowest BCUT2D eigenvalue weighted by molar-refractivity contribution is 0.678. The van der Waals surface area contributed by atoms with Gasteiger partial charge in [-0.3, -0.25) is 0 Å². The zero-order valence-electron chi connectivity index (χ0n) is 12.7. The standard InChI is InChI=1S/C19H26S/c1-5-7-8-9-10-11-15-20-18-14-12-13-17(6-2)19(18)16(3)4/h5-6,12-14H,1-3,7-11,15H2,4H3. The fraction of sp³-hybridized carbons (Fsp3) is 0.368. The van der Waals surface area contributed by atoms with Crippen LogP contribution in [0.4, 0.5) is 0 Å². The second-order valence-corrected chi connectivity index (χ2v) is 6.18. The van der Waals surface area contributed by atoms with Crippen molar-refractivity contribution >= 4 is 23.4 Å². The van der Waals surface area contributed by atoms with Crippen LogP contribution in [0.25, 0.3) is 11.6 Å². The molecular formula is C19H26S. The Bertz CT molecular complexity index is 457. The Labute approximate surface area is 128 Å². The number of unbranched alkanes of at least 4 members (excludes halogenated alkanes) is 4. The lowest BCUT2D eigenvalue weighted by atomic mass is 10.0. The highest BCUT2D eigenvalue weighted by Gasteiger charge is 2.07. The summed E-state index contributed by atoms with van der Waals surface area (Å²) in [6.07, 6.45) is 10.2. The predicted octanol–water partition coefficient (Wildman–Crippen LogP) is 6.59. The van der Waals surface area contributed by atoms with Gasteiger partial charge < -0.3 is 0 Å². The van der Waals surface area contributed by atoms with Gasteiger partial charge in [-0.2, -0.15) is 0 Å².